The highest BCUT2D eigenvalue weighted by Crippen LogP contribution is 2.15. The van der Waals surface area contributed by atoms with E-state index in [4.69, 9.17) is 10.8 Å². The van der Waals surface area contributed by atoms with E-state index in [9.17, 15) is 4.79 Å². The number of rotatable bonds is 6. The summed E-state index contributed by atoms with van der Waals surface area (Å²) in [5, 5.41) is 9.06. The first-order valence-corrected chi connectivity index (χ1v) is 6.41. The van der Waals surface area contributed by atoms with Crippen molar-refractivity contribution in [2.45, 2.75) is 31.7 Å². The molecule has 1 unspecified atom stereocenters. The molecule has 3 N–H and O–H groups in total. The fourth-order valence-corrected chi connectivity index (χ4v) is 2.12. The predicted octanol–water partition coefficient (Wildman–Crippen LogP) is 0.206. The van der Waals surface area contributed by atoms with Crippen LogP contribution < -0.4 is 5.73 Å². The Labute approximate surface area is 104 Å². The zero-order chi connectivity index (χ0) is 12.9. The van der Waals surface area contributed by atoms with Crippen molar-refractivity contribution in [2.24, 2.45) is 5.73 Å². The summed E-state index contributed by atoms with van der Waals surface area (Å²) >= 11 is 0. The summed E-state index contributed by atoms with van der Waals surface area (Å²) < 4.78 is 0. The molecule has 0 amide bonds. The molecule has 5 nitrogen and oxygen atoms in total. The Morgan fingerprint density at radius 1 is 1.35 bits per heavy atom. The van der Waals surface area contributed by atoms with Crippen LogP contribution in [-0.4, -0.2) is 66.2 Å². The maximum absolute atomic E-state index is 11.0. The van der Waals surface area contributed by atoms with Crippen molar-refractivity contribution in [3.05, 3.63) is 0 Å². The van der Waals surface area contributed by atoms with E-state index >= 15 is 0 Å². The Kier molecular flexibility index (Phi) is 5.36. The van der Waals surface area contributed by atoms with Crippen molar-refractivity contribution < 1.29 is 9.90 Å². The maximum atomic E-state index is 11.0. The first kappa shape index (κ1) is 14.4. The molecule has 1 atom stereocenters. The topological polar surface area (TPSA) is 69.8 Å². The molecule has 1 saturated heterocycles. The third kappa shape index (κ3) is 4.26. The van der Waals surface area contributed by atoms with E-state index in [-0.39, 0.29) is 0 Å². The molecule has 17 heavy (non-hydrogen) atoms. The second-order valence-corrected chi connectivity index (χ2v) is 5.06. The van der Waals surface area contributed by atoms with Crippen LogP contribution in [0.5, 0.6) is 0 Å². The molecule has 1 aliphatic heterocycles. The molecule has 100 valence electrons. The SMILES string of the molecule is CCC(N)(CCCN1CCN(C)CC1)C(=O)O. The Bertz CT molecular complexity index is 252. The molecule has 0 bridgehead atoms. The lowest BCUT2D eigenvalue weighted by atomic mass is 9.92. The molecule has 1 heterocycles. The van der Waals surface area contributed by atoms with Gasteiger partial charge in [0.25, 0.3) is 0 Å². The number of likely N-dealkylation sites (N-methyl/N-ethyl adjacent to an activating group) is 1. The number of carbonyl (C=O) groups is 1. The number of carboxylic acids is 1. The van der Waals surface area contributed by atoms with E-state index < -0.39 is 11.5 Å². The number of nitrogens with two attached hydrogens (primary N) is 1. The van der Waals surface area contributed by atoms with E-state index in [0.29, 0.717) is 12.8 Å². The van der Waals surface area contributed by atoms with Crippen LogP contribution in [-0.2, 0) is 4.79 Å². The van der Waals surface area contributed by atoms with Crippen molar-refractivity contribution in [1.82, 2.24) is 9.80 Å². The van der Waals surface area contributed by atoms with Gasteiger partial charge in [-0.25, -0.2) is 0 Å². The van der Waals surface area contributed by atoms with Crippen LogP contribution in [0.2, 0.25) is 0 Å². The van der Waals surface area contributed by atoms with Gasteiger partial charge >= 0.3 is 5.97 Å². The standard InChI is InChI=1S/C12H25N3O2/c1-3-12(13,11(16)17)5-4-6-15-9-7-14(2)8-10-15/h3-10,13H2,1-2H3,(H,16,17). The highest BCUT2D eigenvalue weighted by atomic mass is 16.4. The van der Waals surface area contributed by atoms with E-state index in [1.165, 1.54) is 0 Å². The van der Waals surface area contributed by atoms with Gasteiger partial charge in [0.1, 0.15) is 5.54 Å². The van der Waals surface area contributed by atoms with Gasteiger partial charge in [-0.1, -0.05) is 6.92 Å². The summed E-state index contributed by atoms with van der Waals surface area (Å²) in [7, 11) is 2.13. The van der Waals surface area contributed by atoms with Crippen molar-refractivity contribution in [3.63, 3.8) is 0 Å². The Hall–Kier alpha value is -0.650. The fourth-order valence-electron chi connectivity index (χ4n) is 2.12. The zero-order valence-corrected chi connectivity index (χ0v) is 11.0. The van der Waals surface area contributed by atoms with Crippen molar-refractivity contribution >= 4 is 5.97 Å². The van der Waals surface area contributed by atoms with Crippen molar-refractivity contribution in [3.8, 4) is 0 Å². The number of hydrogen-bond acceptors (Lipinski definition) is 4. The van der Waals surface area contributed by atoms with E-state index in [2.05, 4.69) is 16.8 Å². The van der Waals surface area contributed by atoms with Gasteiger partial charge in [-0.2, -0.15) is 0 Å². The van der Waals surface area contributed by atoms with Gasteiger partial charge in [-0.05, 0) is 32.9 Å². The second kappa shape index (κ2) is 6.33. The van der Waals surface area contributed by atoms with Gasteiger partial charge in [0.2, 0.25) is 0 Å². The minimum atomic E-state index is -1.04. The van der Waals surface area contributed by atoms with Gasteiger partial charge in [0.05, 0.1) is 0 Å². The lowest BCUT2D eigenvalue weighted by molar-refractivity contribution is -0.143. The quantitative estimate of drug-likeness (QED) is 0.698. The van der Waals surface area contributed by atoms with Crippen LogP contribution in [0, 0.1) is 0 Å². The summed E-state index contributed by atoms with van der Waals surface area (Å²) in [4.78, 5) is 15.7. The first-order chi connectivity index (χ1) is 7.98. The van der Waals surface area contributed by atoms with E-state index in [1.807, 2.05) is 6.92 Å². The molecular weight excluding hydrogens is 218 g/mol. The van der Waals surface area contributed by atoms with Crippen LogP contribution >= 0.6 is 0 Å². The highest BCUT2D eigenvalue weighted by Gasteiger charge is 2.31. The predicted molar refractivity (Wildman–Crippen MR) is 68.0 cm³/mol. The Morgan fingerprint density at radius 3 is 2.41 bits per heavy atom. The third-order valence-electron chi connectivity index (χ3n) is 3.75. The number of piperazine rings is 1. The lowest BCUT2D eigenvalue weighted by Gasteiger charge is -2.33. The normalized spacial score (nSPS) is 22.3. The number of aliphatic carboxylic acids is 1. The molecule has 0 spiro atoms. The molecule has 0 aromatic rings. The van der Waals surface area contributed by atoms with Crippen LogP contribution in [0.25, 0.3) is 0 Å². The Morgan fingerprint density at radius 2 is 1.94 bits per heavy atom. The third-order valence-corrected chi connectivity index (χ3v) is 3.75. The number of nitrogens with zero attached hydrogens (tertiary/aromatic N) is 2. The smallest absolute Gasteiger partial charge is 0.323 e. The summed E-state index contributed by atoms with van der Waals surface area (Å²) in [5.74, 6) is -0.877. The summed E-state index contributed by atoms with van der Waals surface area (Å²) in [5.41, 5.74) is 4.82. The summed E-state index contributed by atoms with van der Waals surface area (Å²) in [6, 6.07) is 0. The van der Waals surface area contributed by atoms with Gasteiger partial charge in [0, 0.05) is 26.2 Å². The molecule has 1 rings (SSSR count). The van der Waals surface area contributed by atoms with Gasteiger partial charge in [0.15, 0.2) is 0 Å². The molecule has 1 fully saturated rings. The molecule has 0 aromatic heterocycles. The largest absolute Gasteiger partial charge is 0.480 e. The maximum Gasteiger partial charge on any atom is 0.323 e. The number of carboxylic acid groups (broad SMARTS) is 1. The van der Waals surface area contributed by atoms with Crippen molar-refractivity contribution in [2.75, 3.05) is 39.8 Å². The second-order valence-electron chi connectivity index (χ2n) is 5.06. The monoisotopic (exact) mass is 243 g/mol. The van der Waals surface area contributed by atoms with Crippen LogP contribution in [0.1, 0.15) is 26.2 Å². The first-order valence-electron chi connectivity index (χ1n) is 6.41. The summed E-state index contributed by atoms with van der Waals surface area (Å²) in [6.45, 7) is 7.14. The minimum absolute atomic E-state index is 0.491. The van der Waals surface area contributed by atoms with Gasteiger partial charge < -0.3 is 20.6 Å². The molecule has 1 aliphatic rings. The minimum Gasteiger partial charge on any atom is -0.480 e. The zero-order valence-electron chi connectivity index (χ0n) is 11.0. The van der Waals surface area contributed by atoms with E-state index in [1.54, 1.807) is 0 Å². The molecule has 5 heteroatoms. The van der Waals surface area contributed by atoms with Gasteiger partial charge in [-0.15, -0.1) is 0 Å². The Balaban J connectivity index is 2.25. The van der Waals surface area contributed by atoms with Crippen LogP contribution in [0.15, 0.2) is 0 Å². The van der Waals surface area contributed by atoms with Gasteiger partial charge in [-0.3, -0.25) is 4.79 Å². The fraction of sp³-hybridized carbons (Fsp3) is 0.917. The molecular formula is C12H25N3O2. The molecule has 0 aromatic carbocycles. The van der Waals surface area contributed by atoms with Crippen molar-refractivity contribution in [1.29, 1.82) is 0 Å². The van der Waals surface area contributed by atoms with Crippen LogP contribution in [0.3, 0.4) is 0 Å². The van der Waals surface area contributed by atoms with E-state index in [0.717, 1.165) is 39.1 Å². The highest BCUT2D eigenvalue weighted by molar-refractivity contribution is 5.78. The summed E-state index contributed by atoms with van der Waals surface area (Å²) in [6.07, 6.45) is 1.91. The van der Waals surface area contributed by atoms with Crippen LogP contribution in [0.4, 0.5) is 0 Å². The molecule has 0 radical (unpaired) electrons. The molecule has 0 aliphatic carbocycles. The molecule has 0 saturated carbocycles. The lowest BCUT2D eigenvalue weighted by Crippen LogP contribution is -2.48. The number of hydrogen-bond donors (Lipinski definition) is 2. The average molecular weight is 243 g/mol. The average Bonchev–Trinajstić information content (AvgIpc) is 2.31.